The molecule has 2 N–H and O–H groups in total. The Morgan fingerprint density at radius 2 is 2.15 bits per heavy atom. The van der Waals surface area contributed by atoms with E-state index in [0.717, 1.165) is 12.8 Å². The van der Waals surface area contributed by atoms with Gasteiger partial charge in [0.2, 0.25) is 5.91 Å². The summed E-state index contributed by atoms with van der Waals surface area (Å²) in [5.74, 6) is 0.254. The molecule has 4 aromatic rings. The highest BCUT2D eigenvalue weighted by Gasteiger charge is 2.28. The van der Waals surface area contributed by atoms with E-state index < -0.39 is 11.5 Å². The second-order valence-electron chi connectivity index (χ2n) is 8.44. The van der Waals surface area contributed by atoms with Crippen LogP contribution in [0, 0.1) is 0 Å². The van der Waals surface area contributed by atoms with E-state index in [4.69, 9.17) is 4.42 Å². The molecule has 168 valence electrons. The molecule has 4 heterocycles. The Morgan fingerprint density at radius 3 is 2.91 bits per heavy atom. The van der Waals surface area contributed by atoms with Crippen molar-refractivity contribution in [2.24, 2.45) is 0 Å². The smallest absolute Gasteiger partial charge is 0.271 e. The molecule has 1 saturated carbocycles. The van der Waals surface area contributed by atoms with E-state index >= 15 is 0 Å². The fraction of sp³-hybridized carbons (Fsp3) is 0.304. The lowest BCUT2D eigenvalue weighted by Crippen LogP contribution is -2.22. The number of aromatic nitrogens is 5. The lowest BCUT2D eigenvalue weighted by atomic mass is 10.1. The van der Waals surface area contributed by atoms with Gasteiger partial charge < -0.3 is 19.3 Å². The standard InChI is InChI=1S/C23H22N6O4/c1-12(2)29-9-17(16-8-24-11-26-21(16)29)20(31)14-5-18(22(32)25-7-14)28-19(30)6-15-10-33-23(27-15)13-3-4-13/h5,7-13H,3-4,6H2,1-2H3,(H,25,32)(H,28,30). The first-order valence-corrected chi connectivity index (χ1v) is 10.7. The van der Waals surface area contributed by atoms with E-state index in [1.165, 1.54) is 24.9 Å². The Bertz CT molecular complexity index is 1430. The number of oxazole rings is 1. The maximum absolute atomic E-state index is 13.3. The third-order valence-electron chi connectivity index (χ3n) is 5.57. The largest absolute Gasteiger partial charge is 0.448 e. The summed E-state index contributed by atoms with van der Waals surface area (Å²) in [6, 6.07) is 1.46. The number of hydrogen-bond acceptors (Lipinski definition) is 7. The van der Waals surface area contributed by atoms with Gasteiger partial charge in [0.1, 0.15) is 23.9 Å². The van der Waals surface area contributed by atoms with E-state index in [2.05, 4.69) is 25.3 Å². The molecule has 0 aliphatic heterocycles. The zero-order valence-electron chi connectivity index (χ0n) is 18.2. The fourth-order valence-corrected chi connectivity index (χ4v) is 3.71. The minimum absolute atomic E-state index is 0.0133. The number of aromatic amines is 1. The van der Waals surface area contributed by atoms with Gasteiger partial charge >= 0.3 is 0 Å². The van der Waals surface area contributed by atoms with Crippen molar-refractivity contribution < 1.29 is 14.0 Å². The summed E-state index contributed by atoms with van der Waals surface area (Å²) < 4.78 is 7.30. The van der Waals surface area contributed by atoms with Crippen LogP contribution in [-0.2, 0) is 11.2 Å². The lowest BCUT2D eigenvalue weighted by molar-refractivity contribution is -0.115. The summed E-state index contributed by atoms with van der Waals surface area (Å²) in [7, 11) is 0. The fourth-order valence-electron chi connectivity index (χ4n) is 3.71. The van der Waals surface area contributed by atoms with Crippen molar-refractivity contribution >= 4 is 28.4 Å². The van der Waals surface area contributed by atoms with E-state index in [0.29, 0.717) is 34.1 Å². The summed E-state index contributed by atoms with van der Waals surface area (Å²) in [6.07, 6.45) is 9.62. The molecule has 10 nitrogen and oxygen atoms in total. The Hall–Kier alpha value is -4.08. The number of anilines is 1. The Kier molecular flexibility index (Phi) is 5.12. The second-order valence-corrected chi connectivity index (χ2v) is 8.44. The molecule has 1 amide bonds. The SMILES string of the molecule is CC(C)n1cc(C(=O)c2c[nH]c(=O)c(NC(=O)Cc3coc(C4CC4)n3)c2)c2cncnc21. The molecule has 10 heteroatoms. The van der Waals surface area contributed by atoms with Crippen molar-refractivity contribution in [2.75, 3.05) is 5.32 Å². The van der Waals surface area contributed by atoms with Crippen molar-refractivity contribution in [3.63, 3.8) is 0 Å². The highest BCUT2D eigenvalue weighted by molar-refractivity contribution is 6.16. The molecule has 4 aromatic heterocycles. The number of carbonyl (C=O) groups excluding carboxylic acids is 2. The van der Waals surface area contributed by atoms with Crippen molar-refractivity contribution in [3.05, 3.63) is 70.3 Å². The number of nitrogens with one attached hydrogen (secondary N) is 2. The summed E-state index contributed by atoms with van der Waals surface area (Å²) >= 11 is 0. The van der Waals surface area contributed by atoms with Gasteiger partial charge in [-0.1, -0.05) is 0 Å². The molecule has 1 aliphatic rings. The first-order chi connectivity index (χ1) is 15.9. The number of nitrogens with zero attached hydrogens (tertiary/aromatic N) is 4. The average molecular weight is 446 g/mol. The van der Waals surface area contributed by atoms with Crippen molar-refractivity contribution in [3.8, 4) is 0 Å². The van der Waals surface area contributed by atoms with Crippen LogP contribution >= 0.6 is 0 Å². The highest BCUT2D eigenvalue weighted by atomic mass is 16.3. The van der Waals surface area contributed by atoms with Gasteiger partial charge in [-0.3, -0.25) is 14.4 Å². The predicted molar refractivity (Wildman–Crippen MR) is 119 cm³/mol. The van der Waals surface area contributed by atoms with E-state index in [-0.39, 0.29) is 29.5 Å². The van der Waals surface area contributed by atoms with Crippen LogP contribution in [-0.4, -0.2) is 36.2 Å². The Balaban J connectivity index is 1.39. The normalized spacial score (nSPS) is 13.5. The maximum atomic E-state index is 13.3. The molecular weight excluding hydrogens is 424 g/mol. The average Bonchev–Trinajstić information content (AvgIpc) is 3.42. The monoisotopic (exact) mass is 446 g/mol. The Labute approximate surface area is 188 Å². The second kappa shape index (κ2) is 8.12. The van der Waals surface area contributed by atoms with Gasteiger partial charge in [0, 0.05) is 41.5 Å². The number of amides is 1. The molecule has 1 fully saturated rings. The molecule has 0 bridgehead atoms. The van der Waals surface area contributed by atoms with Crippen LogP contribution in [0.25, 0.3) is 11.0 Å². The topological polar surface area (TPSA) is 136 Å². The molecule has 0 spiro atoms. The van der Waals surface area contributed by atoms with Crippen LogP contribution in [0.4, 0.5) is 5.69 Å². The minimum atomic E-state index is -0.508. The van der Waals surface area contributed by atoms with Crippen LogP contribution in [0.1, 0.15) is 66.2 Å². The van der Waals surface area contributed by atoms with Gasteiger partial charge in [0.05, 0.1) is 17.7 Å². The zero-order chi connectivity index (χ0) is 23.1. The minimum Gasteiger partial charge on any atom is -0.448 e. The maximum Gasteiger partial charge on any atom is 0.271 e. The quantitative estimate of drug-likeness (QED) is 0.417. The predicted octanol–water partition coefficient (Wildman–Crippen LogP) is 2.98. The summed E-state index contributed by atoms with van der Waals surface area (Å²) in [4.78, 5) is 53.2. The van der Waals surface area contributed by atoms with Crippen LogP contribution in [0.3, 0.4) is 0 Å². The molecule has 33 heavy (non-hydrogen) atoms. The third kappa shape index (κ3) is 4.07. The van der Waals surface area contributed by atoms with E-state index in [1.54, 1.807) is 12.4 Å². The van der Waals surface area contributed by atoms with E-state index in [9.17, 15) is 14.4 Å². The number of pyridine rings is 1. The lowest BCUT2D eigenvalue weighted by Gasteiger charge is -2.07. The van der Waals surface area contributed by atoms with Crippen molar-refractivity contribution in [1.82, 2.24) is 24.5 Å². The van der Waals surface area contributed by atoms with Crippen molar-refractivity contribution in [1.29, 1.82) is 0 Å². The van der Waals surface area contributed by atoms with Crippen LogP contribution < -0.4 is 10.9 Å². The van der Waals surface area contributed by atoms with E-state index in [1.807, 2.05) is 18.4 Å². The number of H-pyrrole nitrogens is 1. The summed E-state index contributed by atoms with van der Waals surface area (Å²) in [5.41, 5.74) is 1.28. The first-order valence-electron chi connectivity index (χ1n) is 10.7. The van der Waals surface area contributed by atoms with Crippen molar-refractivity contribution in [2.45, 2.75) is 45.1 Å². The summed E-state index contributed by atoms with van der Waals surface area (Å²) in [6.45, 7) is 3.98. The van der Waals surface area contributed by atoms with Gasteiger partial charge in [-0.25, -0.2) is 15.0 Å². The zero-order valence-corrected chi connectivity index (χ0v) is 18.2. The first kappa shape index (κ1) is 20.8. The van der Waals surface area contributed by atoms with Gasteiger partial charge in [-0.15, -0.1) is 0 Å². The number of carbonyl (C=O) groups is 2. The number of fused-ring (bicyclic) bond motifs is 1. The molecule has 0 atom stereocenters. The molecule has 5 rings (SSSR count). The van der Waals surface area contributed by atoms with Crippen LogP contribution in [0.15, 0.2) is 46.5 Å². The third-order valence-corrected chi connectivity index (χ3v) is 5.57. The van der Waals surface area contributed by atoms with Gasteiger partial charge in [-0.05, 0) is 32.8 Å². The Morgan fingerprint density at radius 1 is 1.33 bits per heavy atom. The van der Waals surface area contributed by atoms with Crippen LogP contribution in [0.5, 0.6) is 0 Å². The van der Waals surface area contributed by atoms with Crippen LogP contribution in [0.2, 0.25) is 0 Å². The molecule has 0 aromatic carbocycles. The molecule has 0 unspecified atom stereocenters. The number of rotatable bonds is 7. The molecule has 0 saturated heterocycles. The van der Waals surface area contributed by atoms with Gasteiger partial charge in [0.25, 0.3) is 5.56 Å². The number of ketones is 1. The number of hydrogen-bond donors (Lipinski definition) is 2. The highest BCUT2D eigenvalue weighted by Crippen LogP contribution is 2.39. The van der Waals surface area contributed by atoms with Gasteiger partial charge in [-0.2, -0.15) is 0 Å². The molecule has 1 aliphatic carbocycles. The van der Waals surface area contributed by atoms with Gasteiger partial charge in [0.15, 0.2) is 11.7 Å². The molecule has 0 radical (unpaired) electrons. The summed E-state index contributed by atoms with van der Waals surface area (Å²) in [5, 5.41) is 3.19. The molecular formula is C23H22N6O4.